The number of unbranched alkanes of at least 4 members (excludes halogenated alkanes) is 3. The van der Waals surface area contributed by atoms with E-state index in [0.29, 0.717) is 6.42 Å². The molecule has 0 atom stereocenters. The largest absolute Gasteiger partial charge is 0.511 e. The van der Waals surface area contributed by atoms with Crippen molar-refractivity contribution in [2.45, 2.75) is 52.4 Å². The van der Waals surface area contributed by atoms with Gasteiger partial charge in [-0.15, -0.1) is 0 Å². The lowest BCUT2D eigenvalue weighted by atomic mass is 10.0. The number of carbonyl (C=O) groups excluding carboxylic acids is 2. The fourth-order valence-corrected chi connectivity index (χ4v) is 1.99. The van der Waals surface area contributed by atoms with E-state index in [-0.39, 0.29) is 17.9 Å². The van der Waals surface area contributed by atoms with Gasteiger partial charge in [-0.2, -0.15) is 0 Å². The van der Waals surface area contributed by atoms with Crippen molar-refractivity contribution in [3.05, 3.63) is 11.3 Å². The molecule has 18 heavy (non-hydrogen) atoms. The standard InChI is InChI=1S/C14H22O4/c1-10(2)7-5-3-4-6-8-11(15)13-12(16)9-18-14(13)17/h10,15H,3-9H2,1-2H3. The highest BCUT2D eigenvalue weighted by atomic mass is 16.5. The monoisotopic (exact) mass is 254 g/mol. The summed E-state index contributed by atoms with van der Waals surface area (Å²) in [5, 5.41) is 9.69. The van der Waals surface area contributed by atoms with Gasteiger partial charge in [0.1, 0.15) is 11.3 Å². The predicted octanol–water partition coefficient (Wildman–Crippen LogP) is 2.92. The van der Waals surface area contributed by atoms with Gasteiger partial charge in [0.05, 0.1) is 0 Å². The van der Waals surface area contributed by atoms with Crippen LogP contribution in [-0.4, -0.2) is 23.5 Å². The Balaban J connectivity index is 2.25. The summed E-state index contributed by atoms with van der Waals surface area (Å²) in [6.45, 7) is 4.17. The molecule has 1 aliphatic rings. The molecule has 0 aromatic rings. The third-order valence-corrected chi connectivity index (χ3v) is 3.05. The molecule has 1 rings (SSSR count). The van der Waals surface area contributed by atoms with E-state index in [1.165, 1.54) is 12.8 Å². The van der Waals surface area contributed by atoms with Crippen LogP contribution in [0.15, 0.2) is 11.3 Å². The van der Waals surface area contributed by atoms with Gasteiger partial charge in [-0.05, 0) is 12.3 Å². The number of allylic oxidation sites excluding steroid dienone is 1. The Labute approximate surface area is 108 Å². The molecule has 1 N–H and O–H groups in total. The molecular weight excluding hydrogens is 232 g/mol. The number of ketones is 1. The maximum Gasteiger partial charge on any atom is 0.345 e. The first-order valence-electron chi connectivity index (χ1n) is 6.64. The van der Waals surface area contributed by atoms with Crippen LogP contribution >= 0.6 is 0 Å². The van der Waals surface area contributed by atoms with E-state index in [1.54, 1.807) is 0 Å². The Kier molecular flexibility index (Phi) is 5.89. The van der Waals surface area contributed by atoms with Crippen LogP contribution in [0.4, 0.5) is 0 Å². The molecule has 1 saturated heterocycles. The van der Waals surface area contributed by atoms with Gasteiger partial charge in [0.2, 0.25) is 5.78 Å². The van der Waals surface area contributed by atoms with E-state index in [1.807, 2.05) is 0 Å². The van der Waals surface area contributed by atoms with Crippen molar-refractivity contribution < 1.29 is 19.4 Å². The second-order valence-corrected chi connectivity index (χ2v) is 5.17. The number of esters is 1. The van der Waals surface area contributed by atoms with Gasteiger partial charge in [-0.25, -0.2) is 4.79 Å². The van der Waals surface area contributed by atoms with Crippen LogP contribution in [0.2, 0.25) is 0 Å². The summed E-state index contributed by atoms with van der Waals surface area (Å²) in [5.41, 5.74) is -0.141. The Hall–Kier alpha value is -1.32. The summed E-state index contributed by atoms with van der Waals surface area (Å²) in [5.74, 6) is -0.465. The number of ether oxygens (including phenoxy) is 1. The molecule has 0 aromatic carbocycles. The zero-order valence-corrected chi connectivity index (χ0v) is 11.2. The van der Waals surface area contributed by atoms with Crippen LogP contribution in [-0.2, 0) is 14.3 Å². The summed E-state index contributed by atoms with van der Waals surface area (Å²) >= 11 is 0. The van der Waals surface area contributed by atoms with Crippen LogP contribution in [0.25, 0.3) is 0 Å². The number of Topliss-reactive ketones (excluding diaryl/α,β-unsaturated/α-hetero) is 1. The minimum Gasteiger partial charge on any atom is -0.511 e. The molecule has 0 aromatic heterocycles. The van der Waals surface area contributed by atoms with Crippen molar-refractivity contribution in [1.29, 1.82) is 0 Å². The molecule has 0 radical (unpaired) electrons. The lowest BCUT2D eigenvalue weighted by Gasteiger charge is -2.04. The average Bonchev–Trinajstić information content (AvgIpc) is 2.63. The first-order valence-corrected chi connectivity index (χ1v) is 6.64. The maximum absolute atomic E-state index is 11.3. The van der Waals surface area contributed by atoms with Gasteiger partial charge in [0, 0.05) is 6.42 Å². The van der Waals surface area contributed by atoms with E-state index in [0.717, 1.165) is 25.2 Å². The molecule has 0 amide bonds. The van der Waals surface area contributed by atoms with Crippen molar-refractivity contribution in [2.75, 3.05) is 6.61 Å². The van der Waals surface area contributed by atoms with Gasteiger partial charge in [0.25, 0.3) is 0 Å². The third kappa shape index (κ3) is 4.51. The predicted molar refractivity (Wildman–Crippen MR) is 68.2 cm³/mol. The Bertz CT molecular complexity index is 324. The number of aliphatic hydroxyl groups excluding tert-OH is 1. The van der Waals surface area contributed by atoms with Crippen molar-refractivity contribution in [3.63, 3.8) is 0 Å². The van der Waals surface area contributed by atoms with Gasteiger partial charge in [-0.1, -0.05) is 39.5 Å². The number of hydrogen-bond acceptors (Lipinski definition) is 4. The zero-order valence-electron chi connectivity index (χ0n) is 11.2. The molecule has 0 unspecified atom stereocenters. The van der Waals surface area contributed by atoms with Gasteiger partial charge < -0.3 is 9.84 Å². The molecule has 4 heteroatoms. The van der Waals surface area contributed by atoms with Crippen molar-refractivity contribution in [3.8, 4) is 0 Å². The SMILES string of the molecule is CC(C)CCCCCCC(O)=C1C(=O)COC1=O. The minimum atomic E-state index is -0.683. The molecule has 4 nitrogen and oxygen atoms in total. The fraction of sp³-hybridized carbons (Fsp3) is 0.714. The van der Waals surface area contributed by atoms with Crippen molar-refractivity contribution in [1.82, 2.24) is 0 Å². The number of hydrogen-bond donors (Lipinski definition) is 1. The Morgan fingerprint density at radius 3 is 2.44 bits per heavy atom. The van der Waals surface area contributed by atoms with E-state index in [4.69, 9.17) is 0 Å². The van der Waals surface area contributed by atoms with Crippen LogP contribution in [0.5, 0.6) is 0 Å². The Morgan fingerprint density at radius 2 is 1.89 bits per heavy atom. The zero-order chi connectivity index (χ0) is 13.5. The first kappa shape index (κ1) is 14.7. The van der Waals surface area contributed by atoms with Crippen LogP contribution in [0.1, 0.15) is 52.4 Å². The third-order valence-electron chi connectivity index (χ3n) is 3.05. The van der Waals surface area contributed by atoms with E-state index in [2.05, 4.69) is 18.6 Å². The van der Waals surface area contributed by atoms with Crippen molar-refractivity contribution >= 4 is 11.8 Å². The molecule has 1 fully saturated rings. The van der Waals surface area contributed by atoms with Gasteiger partial charge in [0.15, 0.2) is 6.61 Å². The van der Waals surface area contributed by atoms with Gasteiger partial charge in [-0.3, -0.25) is 4.79 Å². The minimum absolute atomic E-state index is 0.105. The first-order chi connectivity index (χ1) is 8.52. The highest BCUT2D eigenvalue weighted by molar-refractivity contribution is 6.22. The molecule has 102 valence electrons. The normalized spacial score (nSPS) is 18.4. The van der Waals surface area contributed by atoms with Crippen molar-refractivity contribution in [2.24, 2.45) is 5.92 Å². The second kappa shape index (κ2) is 7.19. The fourth-order valence-electron chi connectivity index (χ4n) is 1.99. The number of carbonyl (C=O) groups is 2. The molecular formula is C14H22O4. The van der Waals surface area contributed by atoms with E-state index >= 15 is 0 Å². The maximum atomic E-state index is 11.3. The summed E-state index contributed by atoms with van der Waals surface area (Å²) in [4.78, 5) is 22.4. The summed E-state index contributed by atoms with van der Waals surface area (Å²) < 4.78 is 4.56. The Morgan fingerprint density at radius 1 is 1.22 bits per heavy atom. The summed E-state index contributed by atoms with van der Waals surface area (Å²) in [7, 11) is 0. The smallest absolute Gasteiger partial charge is 0.345 e. The lowest BCUT2D eigenvalue weighted by molar-refractivity contribution is -0.135. The second-order valence-electron chi connectivity index (χ2n) is 5.17. The number of aliphatic hydroxyl groups is 1. The number of rotatable bonds is 7. The molecule has 1 aliphatic heterocycles. The molecule has 0 aliphatic carbocycles. The highest BCUT2D eigenvalue weighted by Gasteiger charge is 2.31. The molecule has 0 bridgehead atoms. The highest BCUT2D eigenvalue weighted by Crippen LogP contribution is 2.18. The molecule has 0 spiro atoms. The van der Waals surface area contributed by atoms with Gasteiger partial charge >= 0.3 is 5.97 Å². The van der Waals surface area contributed by atoms with E-state index < -0.39 is 11.8 Å². The topological polar surface area (TPSA) is 63.6 Å². The molecule has 1 heterocycles. The van der Waals surface area contributed by atoms with E-state index in [9.17, 15) is 14.7 Å². The molecule has 0 saturated carbocycles. The summed E-state index contributed by atoms with van der Waals surface area (Å²) in [6.07, 6.45) is 5.73. The average molecular weight is 254 g/mol. The van der Waals surface area contributed by atoms with Crippen LogP contribution in [0.3, 0.4) is 0 Å². The number of cyclic esters (lactones) is 1. The van der Waals surface area contributed by atoms with Crippen LogP contribution in [0, 0.1) is 5.92 Å². The van der Waals surface area contributed by atoms with Crippen LogP contribution < -0.4 is 0 Å². The lowest BCUT2D eigenvalue weighted by Crippen LogP contribution is -2.05. The quantitative estimate of drug-likeness (QED) is 0.249. The summed E-state index contributed by atoms with van der Waals surface area (Å²) in [6, 6.07) is 0.